The summed E-state index contributed by atoms with van der Waals surface area (Å²) in [5.41, 5.74) is 13.8. The molecular weight excluding hydrogens is 593 g/mol. The Hall–Kier alpha value is -4.92. The molecule has 2 N–H and O–H groups in total. The Morgan fingerprint density at radius 2 is 0.980 bits per heavy atom. The Bertz CT molecular complexity index is 1790. The number of allylic oxidation sites excluding steroid dienone is 9. The van der Waals surface area contributed by atoms with Gasteiger partial charge in [-0.05, 0) is 65.6 Å². The van der Waals surface area contributed by atoms with E-state index in [1.54, 1.807) is 6.08 Å². The van der Waals surface area contributed by atoms with E-state index < -0.39 is 5.54 Å². The predicted molar refractivity (Wildman–Crippen MR) is 215 cm³/mol. The van der Waals surface area contributed by atoms with Crippen molar-refractivity contribution in [1.82, 2.24) is 0 Å². The minimum Gasteiger partial charge on any atom is -0.318 e. The summed E-state index contributed by atoms with van der Waals surface area (Å²) < 4.78 is 0. The number of nitrogens with two attached hydrogens (primary N) is 1. The molecule has 0 amide bonds. The van der Waals surface area contributed by atoms with E-state index in [1.807, 2.05) is 18.2 Å². The summed E-state index contributed by atoms with van der Waals surface area (Å²) in [4.78, 5) is 2.29. The van der Waals surface area contributed by atoms with E-state index in [0.29, 0.717) is 0 Å². The molecule has 0 saturated carbocycles. The second-order valence-corrected chi connectivity index (χ2v) is 14.7. The molecule has 1 atom stereocenters. The normalized spacial score (nSPS) is 14.3. The maximum Gasteiger partial charge on any atom is 0.0567 e. The van der Waals surface area contributed by atoms with Crippen LogP contribution in [0, 0.1) is 5.41 Å². The van der Waals surface area contributed by atoms with Gasteiger partial charge in [-0.2, -0.15) is 0 Å². The lowest BCUT2D eigenvalue weighted by molar-refractivity contribution is 0.576. The van der Waals surface area contributed by atoms with Crippen molar-refractivity contribution in [2.45, 2.75) is 64.8 Å². The van der Waals surface area contributed by atoms with Crippen molar-refractivity contribution in [3.63, 3.8) is 0 Å². The molecule has 2 heteroatoms. The lowest BCUT2D eigenvalue weighted by Crippen LogP contribution is -2.31. The van der Waals surface area contributed by atoms with Crippen LogP contribution >= 0.6 is 0 Å². The van der Waals surface area contributed by atoms with Gasteiger partial charge in [0.15, 0.2) is 0 Å². The Kier molecular flexibility index (Phi) is 11.7. The first-order chi connectivity index (χ1) is 23.2. The van der Waals surface area contributed by atoms with Gasteiger partial charge in [0.2, 0.25) is 0 Å². The Balaban J connectivity index is 1.61. The molecule has 4 rings (SSSR count). The SMILES string of the molecule is C=C/C=C\C=C(/C=C)C(C)(C)/C=C/C(C)(C)c1ccc(N(c2ccccc2)c2ccc(C(C)(N)/C=C/C(C)(C)c3ccccc3)cc2)cc1. The van der Waals surface area contributed by atoms with Gasteiger partial charge in [0, 0.05) is 33.3 Å². The van der Waals surface area contributed by atoms with Crippen molar-refractivity contribution >= 4 is 17.1 Å². The molecule has 1 unspecified atom stereocenters. The summed E-state index contributed by atoms with van der Waals surface area (Å²) >= 11 is 0. The van der Waals surface area contributed by atoms with Gasteiger partial charge in [-0.1, -0.05) is 182 Å². The highest BCUT2D eigenvalue weighted by Crippen LogP contribution is 2.38. The number of benzene rings is 4. The summed E-state index contributed by atoms with van der Waals surface area (Å²) in [6, 6.07) is 38.6. The largest absolute Gasteiger partial charge is 0.318 e. The van der Waals surface area contributed by atoms with E-state index in [-0.39, 0.29) is 16.2 Å². The Morgan fingerprint density at radius 3 is 1.49 bits per heavy atom. The molecule has 0 aromatic heterocycles. The molecule has 0 aliphatic heterocycles. The molecule has 0 heterocycles. The summed E-state index contributed by atoms with van der Waals surface area (Å²) in [6.45, 7) is 23.3. The first-order valence-electron chi connectivity index (χ1n) is 17.1. The zero-order chi connectivity index (χ0) is 35.7. The molecule has 0 saturated heterocycles. The summed E-state index contributed by atoms with van der Waals surface area (Å²) in [5, 5.41) is 0. The fourth-order valence-electron chi connectivity index (χ4n) is 5.87. The summed E-state index contributed by atoms with van der Waals surface area (Å²) in [7, 11) is 0. The minimum absolute atomic E-state index is 0.132. The van der Waals surface area contributed by atoms with E-state index in [9.17, 15) is 0 Å². The Labute approximate surface area is 296 Å². The van der Waals surface area contributed by atoms with E-state index in [0.717, 1.165) is 28.2 Å². The van der Waals surface area contributed by atoms with Crippen LogP contribution in [0.25, 0.3) is 0 Å². The minimum atomic E-state index is -0.623. The van der Waals surface area contributed by atoms with Crippen molar-refractivity contribution in [3.05, 3.63) is 199 Å². The van der Waals surface area contributed by atoms with Gasteiger partial charge in [0.25, 0.3) is 0 Å². The van der Waals surface area contributed by atoms with Gasteiger partial charge in [-0.25, -0.2) is 0 Å². The molecule has 0 aliphatic carbocycles. The molecule has 0 spiro atoms. The number of rotatable bonds is 14. The van der Waals surface area contributed by atoms with Crippen LogP contribution in [-0.4, -0.2) is 0 Å². The molecule has 252 valence electrons. The highest BCUT2D eigenvalue weighted by Gasteiger charge is 2.24. The molecular formula is C47H54N2. The zero-order valence-electron chi connectivity index (χ0n) is 30.5. The van der Waals surface area contributed by atoms with Gasteiger partial charge in [-0.15, -0.1) is 0 Å². The highest BCUT2D eigenvalue weighted by atomic mass is 15.1. The molecule has 0 radical (unpaired) electrons. The second-order valence-electron chi connectivity index (χ2n) is 14.7. The molecule has 4 aromatic rings. The van der Waals surface area contributed by atoms with E-state index >= 15 is 0 Å². The van der Waals surface area contributed by atoms with Crippen LogP contribution < -0.4 is 10.6 Å². The standard InChI is InChI=1S/C47H54N2/c1-10-12-15-20-37(11-2)44(3,4)33-34-45(5,6)39-25-29-42(30-26-39)49(41-23-18-14-19-24-41)43-31-27-40(28-32-43)47(9,48)36-35-46(7,8)38-21-16-13-17-22-38/h10-36H,1-2,48H2,3-9H3/b15-12-,34-33+,36-35+,37-20+. The van der Waals surface area contributed by atoms with Crippen LogP contribution in [0.2, 0.25) is 0 Å². The summed E-state index contributed by atoms with van der Waals surface area (Å²) in [6.07, 6.45) is 18.7. The molecule has 2 nitrogen and oxygen atoms in total. The van der Waals surface area contributed by atoms with Gasteiger partial charge in [0.1, 0.15) is 0 Å². The average molecular weight is 647 g/mol. The van der Waals surface area contributed by atoms with Gasteiger partial charge in [-0.3, -0.25) is 0 Å². The van der Waals surface area contributed by atoms with Crippen LogP contribution in [0.1, 0.15) is 65.2 Å². The number of anilines is 3. The monoisotopic (exact) mass is 646 g/mol. The second kappa shape index (κ2) is 15.5. The number of para-hydroxylation sites is 1. The maximum atomic E-state index is 6.91. The van der Waals surface area contributed by atoms with Crippen LogP contribution in [0.4, 0.5) is 17.1 Å². The molecule has 0 aliphatic rings. The van der Waals surface area contributed by atoms with Crippen LogP contribution in [0.15, 0.2) is 183 Å². The quantitative estimate of drug-likeness (QED) is 0.109. The zero-order valence-corrected chi connectivity index (χ0v) is 30.5. The van der Waals surface area contributed by atoms with Gasteiger partial charge >= 0.3 is 0 Å². The third-order valence-corrected chi connectivity index (χ3v) is 9.40. The van der Waals surface area contributed by atoms with Gasteiger partial charge < -0.3 is 10.6 Å². The predicted octanol–water partition coefficient (Wildman–Crippen LogP) is 12.6. The van der Waals surface area contributed by atoms with Gasteiger partial charge in [0.05, 0.1) is 5.54 Å². The van der Waals surface area contributed by atoms with Crippen LogP contribution in [-0.2, 0) is 16.4 Å². The number of hydrogen-bond donors (Lipinski definition) is 1. The molecule has 0 fully saturated rings. The van der Waals surface area contributed by atoms with E-state index in [1.165, 1.54) is 11.1 Å². The first-order valence-corrected chi connectivity index (χ1v) is 17.1. The number of nitrogens with zero attached hydrogens (tertiary/aromatic N) is 1. The van der Waals surface area contributed by atoms with Crippen molar-refractivity contribution in [3.8, 4) is 0 Å². The summed E-state index contributed by atoms with van der Waals surface area (Å²) in [5.74, 6) is 0. The lowest BCUT2D eigenvalue weighted by atomic mass is 9.78. The van der Waals surface area contributed by atoms with Crippen molar-refractivity contribution < 1.29 is 0 Å². The van der Waals surface area contributed by atoms with Crippen molar-refractivity contribution in [1.29, 1.82) is 0 Å². The number of hydrogen-bond acceptors (Lipinski definition) is 2. The maximum absolute atomic E-state index is 6.91. The molecule has 4 aromatic carbocycles. The highest BCUT2D eigenvalue weighted by molar-refractivity contribution is 5.76. The van der Waals surface area contributed by atoms with Crippen LogP contribution in [0.3, 0.4) is 0 Å². The molecule has 49 heavy (non-hydrogen) atoms. The van der Waals surface area contributed by atoms with E-state index in [4.69, 9.17) is 5.73 Å². The first kappa shape index (κ1) is 36.9. The average Bonchev–Trinajstić information content (AvgIpc) is 3.10. The van der Waals surface area contributed by atoms with Crippen molar-refractivity contribution in [2.24, 2.45) is 11.1 Å². The lowest BCUT2D eigenvalue weighted by Gasteiger charge is -2.29. The fourth-order valence-corrected chi connectivity index (χ4v) is 5.87. The Morgan fingerprint density at radius 1 is 0.531 bits per heavy atom. The van der Waals surface area contributed by atoms with Crippen LogP contribution in [0.5, 0.6) is 0 Å². The smallest absolute Gasteiger partial charge is 0.0567 e. The topological polar surface area (TPSA) is 29.3 Å². The van der Waals surface area contributed by atoms with Crippen molar-refractivity contribution in [2.75, 3.05) is 4.90 Å². The fraction of sp³-hybridized carbons (Fsp3) is 0.234. The molecule has 0 bridgehead atoms. The van der Waals surface area contributed by atoms with E-state index in [2.05, 4.69) is 206 Å². The third-order valence-electron chi connectivity index (χ3n) is 9.40. The third kappa shape index (κ3) is 9.37.